The minimum absolute atomic E-state index is 0.0674. The van der Waals surface area contributed by atoms with Crippen LogP contribution in [0.15, 0.2) is 41.5 Å². The topological polar surface area (TPSA) is 69.2 Å². The minimum Gasteiger partial charge on any atom is -0.497 e. The number of nitrogens with one attached hydrogen (secondary N) is 1. The third-order valence-electron chi connectivity index (χ3n) is 4.23. The highest BCUT2D eigenvalue weighted by molar-refractivity contribution is 5.85. The van der Waals surface area contributed by atoms with Gasteiger partial charge < -0.3 is 14.2 Å². The number of carbonyl (C=O) groups is 1. The summed E-state index contributed by atoms with van der Waals surface area (Å²) in [6.07, 6.45) is 1.51. The lowest BCUT2D eigenvalue weighted by molar-refractivity contribution is -0.123. The first-order valence-corrected chi connectivity index (χ1v) is 9.02. The maximum atomic E-state index is 12.0. The molecule has 6 nitrogen and oxygen atoms in total. The first-order valence-electron chi connectivity index (χ1n) is 9.02. The number of nitrogens with zero attached hydrogens (tertiary/aromatic N) is 1. The van der Waals surface area contributed by atoms with Crippen LogP contribution < -0.4 is 19.6 Å². The molecule has 28 heavy (non-hydrogen) atoms. The van der Waals surface area contributed by atoms with E-state index in [2.05, 4.69) is 37.4 Å². The van der Waals surface area contributed by atoms with Gasteiger partial charge in [0.1, 0.15) is 17.2 Å². The second-order valence-corrected chi connectivity index (χ2v) is 7.42. The molecule has 0 saturated carbocycles. The lowest BCUT2D eigenvalue weighted by atomic mass is 9.86. The standard InChI is InChI=1S/C22H28N2O4/c1-15-11-17(22(2,3)4)8-10-19(15)28-14-21(25)24-23-13-16-7-9-18(26-5)12-20(16)27-6/h7-13H,14H2,1-6H3,(H,24,25). The molecule has 0 radical (unpaired) electrons. The molecule has 0 bridgehead atoms. The van der Waals surface area contributed by atoms with Crippen molar-refractivity contribution in [2.45, 2.75) is 33.1 Å². The molecule has 0 heterocycles. The molecule has 0 saturated heterocycles. The highest BCUT2D eigenvalue weighted by Gasteiger charge is 2.15. The molecule has 2 aromatic rings. The molecule has 0 aromatic heterocycles. The molecular weight excluding hydrogens is 356 g/mol. The van der Waals surface area contributed by atoms with Gasteiger partial charge in [-0.1, -0.05) is 32.9 Å². The van der Waals surface area contributed by atoms with Crippen LogP contribution in [0.4, 0.5) is 0 Å². The Bertz CT molecular complexity index is 854. The van der Waals surface area contributed by atoms with E-state index in [1.165, 1.54) is 11.8 Å². The second kappa shape index (κ2) is 9.26. The van der Waals surface area contributed by atoms with E-state index < -0.39 is 0 Å². The van der Waals surface area contributed by atoms with E-state index in [1.807, 2.05) is 19.1 Å². The first kappa shape index (κ1) is 21.3. The number of hydrogen-bond donors (Lipinski definition) is 1. The molecule has 0 atom stereocenters. The Morgan fingerprint density at radius 2 is 1.82 bits per heavy atom. The van der Waals surface area contributed by atoms with E-state index in [0.29, 0.717) is 17.2 Å². The maximum Gasteiger partial charge on any atom is 0.277 e. The van der Waals surface area contributed by atoms with Crippen LogP contribution in [0.3, 0.4) is 0 Å². The maximum absolute atomic E-state index is 12.0. The smallest absolute Gasteiger partial charge is 0.277 e. The van der Waals surface area contributed by atoms with Gasteiger partial charge in [0.15, 0.2) is 6.61 Å². The fraction of sp³-hybridized carbons (Fsp3) is 0.364. The fourth-order valence-electron chi connectivity index (χ4n) is 2.55. The normalized spacial score (nSPS) is 11.4. The van der Waals surface area contributed by atoms with Gasteiger partial charge in [-0.05, 0) is 41.7 Å². The van der Waals surface area contributed by atoms with Gasteiger partial charge in [0.25, 0.3) is 5.91 Å². The summed E-state index contributed by atoms with van der Waals surface area (Å²) in [7, 11) is 3.15. The van der Waals surface area contributed by atoms with Crippen LogP contribution in [-0.2, 0) is 10.2 Å². The van der Waals surface area contributed by atoms with Crippen molar-refractivity contribution in [3.63, 3.8) is 0 Å². The van der Waals surface area contributed by atoms with Gasteiger partial charge in [0, 0.05) is 11.6 Å². The quantitative estimate of drug-likeness (QED) is 0.582. The summed E-state index contributed by atoms with van der Waals surface area (Å²) in [5.74, 6) is 1.62. The van der Waals surface area contributed by atoms with E-state index >= 15 is 0 Å². The zero-order valence-corrected chi connectivity index (χ0v) is 17.3. The van der Waals surface area contributed by atoms with Gasteiger partial charge in [-0.3, -0.25) is 4.79 Å². The van der Waals surface area contributed by atoms with E-state index in [-0.39, 0.29) is 17.9 Å². The van der Waals surface area contributed by atoms with Crippen LogP contribution in [0.2, 0.25) is 0 Å². The number of hydrogen-bond acceptors (Lipinski definition) is 5. The zero-order chi connectivity index (χ0) is 20.7. The largest absolute Gasteiger partial charge is 0.497 e. The van der Waals surface area contributed by atoms with Gasteiger partial charge in [-0.2, -0.15) is 5.10 Å². The molecule has 0 spiro atoms. The van der Waals surface area contributed by atoms with Crippen molar-refractivity contribution >= 4 is 12.1 Å². The van der Waals surface area contributed by atoms with E-state index in [0.717, 1.165) is 11.1 Å². The fourth-order valence-corrected chi connectivity index (χ4v) is 2.55. The Balaban J connectivity index is 1.92. The molecule has 1 amide bonds. The summed E-state index contributed by atoms with van der Waals surface area (Å²) in [6, 6.07) is 11.3. The number of amides is 1. The Labute approximate surface area is 166 Å². The molecule has 150 valence electrons. The monoisotopic (exact) mass is 384 g/mol. The Morgan fingerprint density at radius 1 is 1.07 bits per heavy atom. The minimum atomic E-state index is -0.344. The lowest BCUT2D eigenvalue weighted by Crippen LogP contribution is -2.24. The van der Waals surface area contributed by atoms with Crippen molar-refractivity contribution < 1.29 is 19.0 Å². The predicted molar refractivity (Wildman–Crippen MR) is 111 cm³/mol. The van der Waals surface area contributed by atoms with Crippen molar-refractivity contribution in [2.75, 3.05) is 20.8 Å². The number of ether oxygens (including phenoxy) is 3. The summed E-state index contributed by atoms with van der Waals surface area (Å²) in [4.78, 5) is 12.0. The lowest BCUT2D eigenvalue weighted by Gasteiger charge is -2.20. The second-order valence-electron chi connectivity index (χ2n) is 7.42. The van der Waals surface area contributed by atoms with Crippen molar-refractivity contribution in [2.24, 2.45) is 5.10 Å². The van der Waals surface area contributed by atoms with Gasteiger partial charge in [-0.25, -0.2) is 5.43 Å². The molecule has 0 unspecified atom stereocenters. The molecule has 1 N–H and O–H groups in total. The summed E-state index contributed by atoms with van der Waals surface area (Å²) in [5.41, 5.74) is 5.46. The zero-order valence-electron chi connectivity index (χ0n) is 17.3. The summed E-state index contributed by atoms with van der Waals surface area (Å²) in [6.45, 7) is 8.33. The van der Waals surface area contributed by atoms with Crippen molar-refractivity contribution in [3.8, 4) is 17.2 Å². The summed E-state index contributed by atoms with van der Waals surface area (Å²) in [5, 5.41) is 3.96. The molecule has 0 aliphatic rings. The van der Waals surface area contributed by atoms with Crippen molar-refractivity contribution in [1.82, 2.24) is 5.43 Å². The number of rotatable bonds is 7. The Kier molecular flexibility index (Phi) is 7.04. The van der Waals surface area contributed by atoms with Crippen molar-refractivity contribution in [3.05, 3.63) is 53.1 Å². The van der Waals surface area contributed by atoms with Gasteiger partial charge in [-0.15, -0.1) is 0 Å². The molecule has 6 heteroatoms. The average molecular weight is 384 g/mol. The highest BCUT2D eigenvalue weighted by Crippen LogP contribution is 2.27. The third kappa shape index (κ3) is 5.74. The number of aryl methyl sites for hydroxylation is 1. The predicted octanol–water partition coefficient (Wildman–Crippen LogP) is 3.84. The highest BCUT2D eigenvalue weighted by atomic mass is 16.5. The van der Waals surface area contributed by atoms with Crippen LogP contribution >= 0.6 is 0 Å². The number of carbonyl (C=O) groups excluding carboxylic acids is 1. The SMILES string of the molecule is COc1ccc(C=NNC(=O)COc2ccc(C(C)(C)C)cc2C)c(OC)c1. The molecular formula is C22H28N2O4. The third-order valence-corrected chi connectivity index (χ3v) is 4.23. The van der Waals surface area contributed by atoms with Crippen LogP contribution in [0, 0.1) is 6.92 Å². The van der Waals surface area contributed by atoms with Crippen LogP contribution in [-0.4, -0.2) is 32.9 Å². The Hall–Kier alpha value is -3.02. The van der Waals surface area contributed by atoms with Crippen LogP contribution in [0.5, 0.6) is 17.2 Å². The van der Waals surface area contributed by atoms with E-state index in [9.17, 15) is 4.79 Å². The number of methoxy groups -OCH3 is 2. The number of benzene rings is 2. The van der Waals surface area contributed by atoms with Crippen LogP contribution in [0.1, 0.15) is 37.5 Å². The van der Waals surface area contributed by atoms with Crippen LogP contribution in [0.25, 0.3) is 0 Å². The van der Waals surface area contributed by atoms with E-state index in [1.54, 1.807) is 32.4 Å². The van der Waals surface area contributed by atoms with Crippen molar-refractivity contribution in [1.29, 1.82) is 0 Å². The molecule has 2 aromatic carbocycles. The van der Waals surface area contributed by atoms with Gasteiger partial charge in [0.2, 0.25) is 0 Å². The average Bonchev–Trinajstić information content (AvgIpc) is 2.66. The van der Waals surface area contributed by atoms with E-state index in [4.69, 9.17) is 14.2 Å². The summed E-state index contributed by atoms with van der Waals surface area (Å²) >= 11 is 0. The molecule has 2 rings (SSSR count). The molecule has 0 fully saturated rings. The van der Waals surface area contributed by atoms with Gasteiger partial charge >= 0.3 is 0 Å². The molecule has 0 aliphatic carbocycles. The molecule has 0 aliphatic heterocycles. The van der Waals surface area contributed by atoms with Gasteiger partial charge in [0.05, 0.1) is 20.4 Å². The number of hydrazone groups is 1. The Morgan fingerprint density at radius 3 is 2.43 bits per heavy atom. The summed E-state index contributed by atoms with van der Waals surface area (Å²) < 4.78 is 16.1. The first-order chi connectivity index (χ1) is 13.2.